The van der Waals surface area contributed by atoms with E-state index in [0.717, 1.165) is 6.92 Å². The standard InChI is InChI=1S/C26H28F5N7O3/c1-15(23(39)40)16-5-4-12-38(13-16)19-7-6-18(34-22(19)26(29,30)31)21-20(37(3)36-35-21)14-41-24-32-11-9-17(33-24)8-10-25(2,27)28/h6-7,9,11,16H,1,4-5,8,10,12-14H2,2-3H3,(H,39,40). The summed E-state index contributed by atoms with van der Waals surface area (Å²) in [4.78, 5) is 24.8. The molecule has 1 aliphatic heterocycles. The molecule has 0 amide bonds. The average molecular weight is 582 g/mol. The van der Waals surface area contributed by atoms with Gasteiger partial charge in [0, 0.05) is 49.9 Å². The van der Waals surface area contributed by atoms with Crippen LogP contribution in [0.4, 0.5) is 27.6 Å². The number of alkyl halides is 5. The van der Waals surface area contributed by atoms with Crippen LogP contribution in [0.25, 0.3) is 11.4 Å². The lowest BCUT2D eigenvalue weighted by atomic mass is 9.91. The third kappa shape index (κ3) is 7.32. The fourth-order valence-corrected chi connectivity index (χ4v) is 4.51. The minimum atomic E-state index is -4.81. The maximum absolute atomic E-state index is 14.2. The van der Waals surface area contributed by atoms with Crippen LogP contribution in [0.2, 0.25) is 0 Å². The van der Waals surface area contributed by atoms with Crippen LogP contribution in [0.15, 0.2) is 36.5 Å². The van der Waals surface area contributed by atoms with Gasteiger partial charge in [0.1, 0.15) is 18.0 Å². The first-order valence-corrected chi connectivity index (χ1v) is 12.7. The molecule has 3 aromatic rings. The number of carboxylic acids is 1. The zero-order valence-corrected chi connectivity index (χ0v) is 22.3. The molecular formula is C26H28F5N7O3. The van der Waals surface area contributed by atoms with Crippen molar-refractivity contribution >= 4 is 11.7 Å². The lowest BCUT2D eigenvalue weighted by molar-refractivity contribution is -0.140. The second-order valence-electron chi connectivity index (χ2n) is 9.88. The molecule has 4 rings (SSSR count). The molecule has 10 nitrogen and oxygen atoms in total. The Morgan fingerprint density at radius 1 is 1.20 bits per heavy atom. The number of piperidine rings is 1. The number of hydrogen-bond acceptors (Lipinski definition) is 8. The number of pyridine rings is 1. The fourth-order valence-electron chi connectivity index (χ4n) is 4.51. The highest BCUT2D eigenvalue weighted by Gasteiger charge is 2.39. The largest absolute Gasteiger partial charge is 0.478 e. The maximum Gasteiger partial charge on any atom is 0.435 e. The first-order chi connectivity index (χ1) is 19.2. The molecule has 1 fully saturated rings. The monoisotopic (exact) mass is 581 g/mol. The molecule has 1 atom stereocenters. The molecule has 1 unspecified atom stereocenters. The van der Waals surface area contributed by atoms with E-state index in [-0.39, 0.29) is 53.9 Å². The highest BCUT2D eigenvalue weighted by molar-refractivity contribution is 5.86. The van der Waals surface area contributed by atoms with Gasteiger partial charge in [-0.25, -0.2) is 33.2 Å². The van der Waals surface area contributed by atoms with E-state index in [9.17, 15) is 31.9 Å². The fraction of sp³-hybridized carbons (Fsp3) is 0.462. The Hall–Kier alpha value is -4.17. The number of ether oxygens (including phenoxy) is 1. The number of aromatic nitrogens is 6. The Morgan fingerprint density at radius 3 is 2.63 bits per heavy atom. The van der Waals surface area contributed by atoms with Crippen molar-refractivity contribution in [1.82, 2.24) is 29.9 Å². The molecule has 1 aliphatic rings. The zero-order valence-electron chi connectivity index (χ0n) is 22.3. The van der Waals surface area contributed by atoms with Crippen LogP contribution in [-0.4, -0.2) is 60.0 Å². The van der Waals surface area contributed by atoms with Crippen LogP contribution in [0.3, 0.4) is 0 Å². The molecule has 0 radical (unpaired) electrons. The second-order valence-corrected chi connectivity index (χ2v) is 9.88. The molecule has 15 heteroatoms. The van der Waals surface area contributed by atoms with Gasteiger partial charge in [-0.05, 0) is 44.4 Å². The Kier molecular flexibility index (Phi) is 8.54. The van der Waals surface area contributed by atoms with Crippen LogP contribution in [0, 0.1) is 5.92 Å². The SMILES string of the molecule is C=C(C(=O)O)C1CCCN(c2ccc(-c3nnn(C)c3COc3nccc(CCC(C)(F)F)n3)nc2C(F)(F)F)C1. The summed E-state index contributed by atoms with van der Waals surface area (Å²) in [6.07, 6.45) is -2.86. The van der Waals surface area contributed by atoms with E-state index < -0.39 is 36.1 Å². The number of aliphatic carboxylic acids is 1. The highest BCUT2D eigenvalue weighted by Crippen LogP contribution is 2.39. The quantitative estimate of drug-likeness (QED) is 0.268. The predicted octanol–water partition coefficient (Wildman–Crippen LogP) is 4.71. The van der Waals surface area contributed by atoms with Crippen molar-refractivity contribution < 1.29 is 36.6 Å². The lowest BCUT2D eigenvalue weighted by Crippen LogP contribution is -2.38. The van der Waals surface area contributed by atoms with Crippen LogP contribution in [0.1, 0.15) is 43.3 Å². The van der Waals surface area contributed by atoms with Crippen LogP contribution in [-0.2, 0) is 31.0 Å². The molecule has 4 heterocycles. The van der Waals surface area contributed by atoms with Crippen molar-refractivity contribution in [2.45, 2.75) is 51.3 Å². The van der Waals surface area contributed by atoms with Gasteiger partial charge in [0.25, 0.3) is 0 Å². The molecule has 0 aromatic carbocycles. The average Bonchev–Trinajstić information content (AvgIpc) is 3.29. The van der Waals surface area contributed by atoms with E-state index in [1.54, 1.807) is 0 Å². The van der Waals surface area contributed by atoms with Gasteiger partial charge >= 0.3 is 18.2 Å². The molecule has 220 valence electrons. The normalized spacial score (nSPS) is 16.1. The Balaban J connectivity index is 1.58. The molecule has 0 aliphatic carbocycles. The van der Waals surface area contributed by atoms with E-state index in [2.05, 4.69) is 31.8 Å². The van der Waals surface area contributed by atoms with Crippen molar-refractivity contribution in [2.75, 3.05) is 18.0 Å². The number of anilines is 1. The minimum Gasteiger partial charge on any atom is -0.478 e. The van der Waals surface area contributed by atoms with E-state index in [4.69, 9.17) is 4.74 Å². The van der Waals surface area contributed by atoms with Crippen LogP contribution >= 0.6 is 0 Å². The van der Waals surface area contributed by atoms with E-state index in [0.29, 0.717) is 25.1 Å². The van der Waals surface area contributed by atoms with Crippen molar-refractivity contribution in [3.63, 3.8) is 0 Å². The second kappa shape index (κ2) is 11.7. The summed E-state index contributed by atoms with van der Waals surface area (Å²) in [5, 5.41) is 17.2. The van der Waals surface area contributed by atoms with E-state index in [1.807, 2.05) is 0 Å². The van der Waals surface area contributed by atoms with Gasteiger partial charge in [0.05, 0.1) is 11.4 Å². The summed E-state index contributed by atoms with van der Waals surface area (Å²) in [5.41, 5.74) is -0.790. The van der Waals surface area contributed by atoms with Crippen molar-refractivity contribution in [3.8, 4) is 17.4 Å². The van der Waals surface area contributed by atoms with Gasteiger partial charge < -0.3 is 14.7 Å². The predicted molar refractivity (Wildman–Crippen MR) is 136 cm³/mol. The number of aryl methyl sites for hydroxylation is 2. The molecule has 0 bridgehead atoms. The lowest BCUT2D eigenvalue weighted by Gasteiger charge is -2.35. The third-order valence-electron chi connectivity index (χ3n) is 6.71. The topological polar surface area (TPSA) is 119 Å². The smallest absolute Gasteiger partial charge is 0.435 e. The number of rotatable bonds is 10. The summed E-state index contributed by atoms with van der Waals surface area (Å²) in [5.74, 6) is -4.54. The number of carbonyl (C=O) groups is 1. The minimum absolute atomic E-state index is 0.000429. The van der Waals surface area contributed by atoms with Gasteiger partial charge in [-0.3, -0.25) is 0 Å². The number of nitrogens with zero attached hydrogens (tertiary/aromatic N) is 7. The molecular weight excluding hydrogens is 553 g/mol. The van der Waals surface area contributed by atoms with Gasteiger partial charge in [0.2, 0.25) is 5.92 Å². The van der Waals surface area contributed by atoms with Crippen molar-refractivity contribution in [1.29, 1.82) is 0 Å². The van der Waals surface area contributed by atoms with Crippen molar-refractivity contribution in [3.05, 3.63) is 53.6 Å². The molecule has 41 heavy (non-hydrogen) atoms. The summed E-state index contributed by atoms with van der Waals surface area (Å²) < 4.78 is 75.9. The van der Waals surface area contributed by atoms with Crippen LogP contribution in [0.5, 0.6) is 6.01 Å². The first kappa shape index (κ1) is 29.8. The number of carboxylic acid groups (broad SMARTS) is 1. The summed E-state index contributed by atoms with van der Waals surface area (Å²) >= 11 is 0. The van der Waals surface area contributed by atoms with Crippen molar-refractivity contribution in [2.24, 2.45) is 13.0 Å². The molecule has 0 spiro atoms. The zero-order chi connectivity index (χ0) is 29.9. The summed E-state index contributed by atoms with van der Waals surface area (Å²) in [6, 6.07) is 4.06. The molecule has 3 aromatic heterocycles. The molecule has 1 N–H and O–H groups in total. The van der Waals surface area contributed by atoms with Gasteiger partial charge in [0.15, 0.2) is 5.69 Å². The Bertz CT molecular complexity index is 1420. The van der Waals surface area contributed by atoms with E-state index >= 15 is 0 Å². The highest BCUT2D eigenvalue weighted by atomic mass is 19.4. The Morgan fingerprint density at radius 2 is 1.95 bits per heavy atom. The van der Waals surface area contributed by atoms with E-state index in [1.165, 1.54) is 41.0 Å². The molecule has 0 saturated carbocycles. The number of halogens is 5. The molecule has 1 saturated heterocycles. The summed E-state index contributed by atoms with van der Waals surface area (Å²) in [7, 11) is 1.53. The van der Waals surface area contributed by atoms with Gasteiger partial charge in [-0.2, -0.15) is 13.2 Å². The third-order valence-corrected chi connectivity index (χ3v) is 6.71. The number of hydrogen-bond donors (Lipinski definition) is 1. The van der Waals surface area contributed by atoms with Gasteiger partial charge in [-0.15, -0.1) is 5.10 Å². The summed E-state index contributed by atoms with van der Waals surface area (Å²) in [6.45, 7) is 4.51. The van der Waals surface area contributed by atoms with Gasteiger partial charge in [-0.1, -0.05) is 11.8 Å². The first-order valence-electron chi connectivity index (χ1n) is 12.7. The van der Waals surface area contributed by atoms with Crippen LogP contribution < -0.4 is 9.64 Å². The Labute approximate surface area is 231 Å². The maximum atomic E-state index is 14.2.